The largest absolute Gasteiger partial charge is 0.497 e. The van der Waals surface area contributed by atoms with E-state index in [0.717, 1.165) is 23.5 Å². The first kappa shape index (κ1) is 18.0. The van der Waals surface area contributed by atoms with Gasteiger partial charge in [0.1, 0.15) is 17.0 Å². The van der Waals surface area contributed by atoms with E-state index >= 15 is 0 Å². The molecular formula is C21H22ClN3O2. The average Bonchev–Trinajstić information content (AvgIpc) is 3.49. The van der Waals surface area contributed by atoms with Crippen molar-refractivity contribution in [3.05, 3.63) is 51.5 Å². The highest BCUT2D eigenvalue weighted by Gasteiger charge is 2.21. The molecule has 0 bridgehead atoms. The lowest BCUT2D eigenvalue weighted by Crippen LogP contribution is -2.25. The second kappa shape index (κ2) is 7.31. The maximum atomic E-state index is 12.7. The number of aromatic nitrogens is 3. The Morgan fingerprint density at radius 1 is 1.26 bits per heavy atom. The first-order valence-electron chi connectivity index (χ1n) is 9.28. The Kier molecular flexibility index (Phi) is 4.87. The molecule has 6 heteroatoms. The topological polar surface area (TPSA) is 57.0 Å². The molecule has 2 heterocycles. The Labute approximate surface area is 163 Å². The monoisotopic (exact) mass is 383 g/mol. The zero-order chi connectivity index (χ0) is 19.0. The number of benzene rings is 1. The van der Waals surface area contributed by atoms with Crippen molar-refractivity contribution in [1.29, 1.82) is 0 Å². The van der Waals surface area contributed by atoms with Gasteiger partial charge < -0.3 is 4.74 Å². The van der Waals surface area contributed by atoms with Crippen molar-refractivity contribution in [3.8, 4) is 16.9 Å². The number of pyridine rings is 1. The molecule has 1 aromatic carbocycles. The van der Waals surface area contributed by atoms with Crippen molar-refractivity contribution in [2.24, 2.45) is 5.92 Å². The lowest BCUT2D eigenvalue weighted by molar-refractivity contribution is 0.415. The van der Waals surface area contributed by atoms with E-state index in [0.29, 0.717) is 34.2 Å². The molecule has 5 nitrogen and oxygen atoms in total. The number of hydrogen-bond acceptors (Lipinski definition) is 4. The Hall–Kier alpha value is -2.40. The SMILES string of the molecule is COc1ccc(-c2ccnc3c2nc(C)c(=O)n3CCCC2CC2)c(Cl)c1. The van der Waals surface area contributed by atoms with Gasteiger partial charge in [0.25, 0.3) is 5.56 Å². The third kappa shape index (κ3) is 3.56. The van der Waals surface area contributed by atoms with Crippen molar-refractivity contribution < 1.29 is 4.74 Å². The molecule has 0 unspecified atom stereocenters. The number of halogens is 1. The van der Waals surface area contributed by atoms with Crippen LogP contribution in [0.3, 0.4) is 0 Å². The van der Waals surface area contributed by atoms with E-state index in [-0.39, 0.29) is 5.56 Å². The molecule has 1 aliphatic rings. The van der Waals surface area contributed by atoms with Crippen LogP contribution in [0.15, 0.2) is 35.3 Å². The second-order valence-corrected chi connectivity index (χ2v) is 7.52. The van der Waals surface area contributed by atoms with E-state index < -0.39 is 0 Å². The second-order valence-electron chi connectivity index (χ2n) is 7.12. The Bertz CT molecular complexity index is 1060. The molecule has 0 amide bonds. The number of fused-ring (bicyclic) bond motifs is 1. The highest BCUT2D eigenvalue weighted by molar-refractivity contribution is 6.33. The predicted octanol–water partition coefficient (Wildman–Crippen LogP) is 4.62. The lowest BCUT2D eigenvalue weighted by atomic mass is 10.1. The highest BCUT2D eigenvalue weighted by Crippen LogP contribution is 2.35. The lowest BCUT2D eigenvalue weighted by Gasteiger charge is -2.14. The predicted molar refractivity (Wildman–Crippen MR) is 107 cm³/mol. The summed E-state index contributed by atoms with van der Waals surface area (Å²) in [6, 6.07) is 7.45. The van der Waals surface area contributed by atoms with Gasteiger partial charge in [0.2, 0.25) is 0 Å². The number of methoxy groups -OCH3 is 1. The van der Waals surface area contributed by atoms with Crippen molar-refractivity contribution in [3.63, 3.8) is 0 Å². The average molecular weight is 384 g/mol. The third-order valence-electron chi connectivity index (χ3n) is 5.15. The maximum Gasteiger partial charge on any atom is 0.273 e. The van der Waals surface area contributed by atoms with E-state index in [1.54, 1.807) is 30.9 Å². The van der Waals surface area contributed by atoms with Crippen LogP contribution in [0.25, 0.3) is 22.3 Å². The van der Waals surface area contributed by atoms with Gasteiger partial charge in [-0.3, -0.25) is 9.36 Å². The van der Waals surface area contributed by atoms with Gasteiger partial charge in [-0.05, 0) is 49.9 Å². The van der Waals surface area contributed by atoms with Gasteiger partial charge in [-0.2, -0.15) is 0 Å². The molecule has 0 N–H and O–H groups in total. The summed E-state index contributed by atoms with van der Waals surface area (Å²) in [6.07, 6.45) is 6.51. The summed E-state index contributed by atoms with van der Waals surface area (Å²) < 4.78 is 7.00. The van der Waals surface area contributed by atoms with Gasteiger partial charge in [0.05, 0.1) is 12.1 Å². The van der Waals surface area contributed by atoms with Gasteiger partial charge >= 0.3 is 0 Å². The molecule has 0 radical (unpaired) electrons. The van der Waals surface area contributed by atoms with Crippen molar-refractivity contribution >= 4 is 22.8 Å². The van der Waals surface area contributed by atoms with Crippen molar-refractivity contribution in [2.45, 2.75) is 39.2 Å². The first-order chi connectivity index (χ1) is 13.1. The molecule has 1 fully saturated rings. The Morgan fingerprint density at radius 3 is 2.78 bits per heavy atom. The fraction of sp³-hybridized carbons (Fsp3) is 0.381. The molecule has 0 spiro atoms. The molecule has 2 aromatic heterocycles. The fourth-order valence-electron chi connectivity index (χ4n) is 3.47. The quantitative estimate of drug-likeness (QED) is 0.623. The minimum atomic E-state index is -0.0659. The molecule has 0 aliphatic heterocycles. The van der Waals surface area contributed by atoms with Crippen molar-refractivity contribution in [1.82, 2.24) is 14.5 Å². The normalized spacial score (nSPS) is 13.9. The standard InChI is InChI=1S/C21H22ClN3O2/c1-13-21(26)25(11-3-4-14-5-6-14)20-19(24-13)17(9-10-23-20)16-8-7-15(27-2)12-18(16)22/h7-10,12,14H,3-6,11H2,1-2H3. The van der Waals surface area contributed by atoms with Crippen LogP contribution in [-0.4, -0.2) is 21.6 Å². The van der Waals surface area contributed by atoms with Crippen LogP contribution in [0.2, 0.25) is 5.02 Å². The summed E-state index contributed by atoms with van der Waals surface area (Å²) in [4.78, 5) is 21.7. The van der Waals surface area contributed by atoms with Crippen LogP contribution in [0.5, 0.6) is 5.75 Å². The molecule has 3 aromatic rings. The highest BCUT2D eigenvalue weighted by atomic mass is 35.5. The van der Waals surface area contributed by atoms with E-state index in [9.17, 15) is 4.79 Å². The Balaban J connectivity index is 1.83. The van der Waals surface area contributed by atoms with E-state index in [4.69, 9.17) is 16.3 Å². The Morgan fingerprint density at radius 2 is 2.07 bits per heavy atom. The minimum Gasteiger partial charge on any atom is -0.497 e. The van der Waals surface area contributed by atoms with Gasteiger partial charge in [-0.1, -0.05) is 24.4 Å². The first-order valence-corrected chi connectivity index (χ1v) is 9.66. The zero-order valence-electron chi connectivity index (χ0n) is 15.5. The van der Waals surface area contributed by atoms with Crippen LogP contribution in [0.1, 0.15) is 31.4 Å². The number of nitrogens with zero attached hydrogens (tertiary/aromatic N) is 3. The summed E-state index contributed by atoms with van der Waals surface area (Å²) >= 11 is 6.48. The van der Waals surface area contributed by atoms with Gasteiger partial charge in [-0.25, -0.2) is 9.97 Å². The molecular weight excluding hydrogens is 362 g/mol. The van der Waals surface area contributed by atoms with Crippen molar-refractivity contribution in [2.75, 3.05) is 7.11 Å². The summed E-state index contributed by atoms with van der Waals surface area (Å²) in [5, 5.41) is 0.577. The van der Waals surface area contributed by atoms with Crippen LogP contribution in [0.4, 0.5) is 0 Å². The molecule has 1 saturated carbocycles. The van der Waals surface area contributed by atoms with Crippen LogP contribution in [-0.2, 0) is 6.54 Å². The number of rotatable bonds is 6. The molecule has 0 atom stereocenters. The smallest absolute Gasteiger partial charge is 0.273 e. The van der Waals surface area contributed by atoms with E-state index in [2.05, 4.69) is 9.97 Å². The zero-order valence-corrected chi connectivity index (χ0v) is 16.3. The van der Waals surface area contributed by atoms with Crippen LogP contribution in [0, 0.1) is 12.8 Å². The summed E-state index contributed by atoms with van der Waals surface area (Å²) in [7, 11) is 1.61. The summed E-state index contributed by atoms with van der Waals surface area (Å²) in [5.74, 6) is 1.54. The number of aryl methyl sites for hydroxylation is 2. The molecule has 1 aliphatic carbocycles. The minimum absolute atomic E-state index is 0.0659. The van der Waals surface area contributed by atoms with E-state index in [1.165, 1.54) is 19.3 Å². The molecule has 140 valence electrons. The van der Waals surface area contributed by atoms with Crippen LogP contribution >= 0.6 is 11.6 Å². The molecule has 27 heavy (non-hydrogen) atoms. The van der Waals surface area contributed by atoms with E-state index in [1.807, 2.05) is 18.2 Å². The third-order valence-corrected chi connectivity index (χ3v) is 5.46. The molecule has 0 saturated heterocycles. The maximum absolute atomic E-state index is 12.7. The number of ether oxygens (including phenoxy) is 1. The summed E-state index contributed by atoms with van der Waals surface area (Å²) in [5.41, 5.74) is 3.45. The fourth-order valence-corrected chi connectivity index (χ4v) is 3.74. The van der Waals surface area contributed by atoms with Crippen LogP contribution < -0.4 is 10.3 Å². The van der Waals surface area contributed by atoms with Gasteiger partial charge in [0.15, 0.2) is 5.65 Å². The molecule has 4 rings (SSSR count). The van der Waals surface area contributed by atoms with Gasteiger partial charge in [0, 0.05) is 23.9 Å². The summed E-state index contributed by atoms with van der Waals surface area (Å²) in [6.45, 7) is 2.42. The number of hydrogen-bond donors (Lipinski definition) is 0. The van der Waals surface area contributed by atoms with Gasteiger partial charge in [-0.15, -0.1) is 0 Å².